The monoisotopic (exact) mass is 436 g/mol. The first kappa shape index (κ1) is 25.6. The third-order valence-corrected chi connectivity index (χ3v) is 5.70. The molecule has 0 radical (unpaired) electrons. The second kappa shape index (κ2) is 11.3. The van der Waals surface area contributed by atoms with Gasteiger partial charge in [-0.2, -0.15) is 0 Å². The number of hydrogen-bond donors (Lipinski definition) is 2. The average molecular weight is 437 g/mol. The minimum atomic E-state index is -0.0183. The molecule has 2 N–H and O–H groups in total. The van der Waals surface area contributed by atoms with Crippen molar-refractivity contribution in [1.29, 1.82) is 0 Å². The summed E-state index contributed by atoms with van der Waals surface area (Å²) in [6.07, 6.45) is 3.93. The van der Waals surface area contributed by atoms with E-state index in [0.29, 0.717) is 24.2 Å². The molecule has 0 aliphatic heterocycles. The minimum Gasteiger partial charge on any atom is -0.352 e. The second-order valence-corrected chi connectivity index (χ2v) is 10.6. The number of unbranched alkanes of at least 4 members (excludes halogenated alkanes) is 3. The summed E-state index contributed by atoms with van der Waals surface area (Å²) >= 11 is 0. The molecule has 0 aliphatic rings. The number of carbonyl (C=O) groups excluding carboxylic acids is 2. The maximum absolute atomic E-state index is 12.3. The molecular formula is C28H40N2O2. The maximum Gasteiger partial charge on any atom is 0.251 e. The molecule has 4 nitrogen and oxygen atoms in total. The Balaban J connectivity index is 1.58. The van der Waals surface area contributed by atoms with Crippen LogP contribution in [0, 0.1) is 0 Å². The van der Waals surface area contributed by atoms with Crippen molar-refractivity contribution >= 4 is 11.8 Å². The molecule has 0 atom stereocenters. The van der Waals surface area contributed by atoms with E-state index in [4.69, 9.17) is 0 Å². The smallest absolute Gasteiger partial charge is 0.251 e. The van der Waals surface area contributed by atoms with Gasteiger partial charge >= 0.3 is 0 Å². The number of benzene rings is 2. The van der Waals surface area contributed by atoms with Gasteiger partial charge in [0.2, 0.25) is 0 Å². The normalized spacial score (nSPS) is 11.8. The number of amides is 2. The van der Waals surface area contributed by atoms with Gasteiger partial charge in [-0.1, -0.05) is 78.6 Å². The molecule has 0 unspecified atom stereocenters. The molecule has 0 aliphatic carbocycles. The van der Waals surface area contributed by atoms with Gasteiger partial charge in [0, 0.05) is 24.2 Å². The van der Waals surface area contributed by atoms with E-state index < -0.39 is 0 Å². The van der Waals surface area contributed by atoms with Crippen LogP contribution in [0.3, 0.4) is 0 Å². The highest BCUT2D eigenvalue weighted by atomic mass is 16.2. The zero-order valence-electron chi connectivity index (χ0n) is 20.7. The first-order valence-electron chi connectivity index (χ1n) is 11.8. The molecule has 2 rings (SSSR count). The fourth-order valence-electron chi connectivity index (χ4n) is 3.45. The summed E-state index contributed by atoms with van der Waals surface area (Å²) in [4.78, 5) is 24.5. The summed E-state index contributed by atoms with van der Waals surface area (Å²) in [7, 11) is 0. The van der Waals surface area contributed by atoms with Crippen LogP contribution in [0.15, 0.2) is 48.5 Å². The van der Waals surface area contributed by atoms with Crippen LogP contribution in [0.1, 0.15) is 99.1 Å². The zero-order chi connectivity index (χ0) is 23.8. The van der Waals surface area contributed by atoms with Crippen LogP contribution in [0.4, 0.5) is 0 Å². The fraction of sp³-hybridized carbons (Fsp3) is 0.500. The highest BCUT2D eigenvalue weighted by Crippen LogP contribution is 2.23. The molecule has 174 valence electrons. The predicted octanol–water partition coefficient (Wildman–Crippen LogP) is 6.00. The van der Waals surface area contributed by atoms with Crippen LogP contribution in [0.2, 0.25) is 0 Å². The molecule has 0 spiro atoms. The Hall–Kier alpha value is -2.62. The first-order valence-corrected chi connectivity index (χ1v) is 11.8. The van der Waals surface area contributed by atoms with Crippen molar-refractivity contribution in [3.8, 4) is 0 Å². The van der Waals surface area contributed by atoms with Gasteiger partial charge in [-0.3, -0.25) is 9.59 Å². The van der Waals surface area contributed by atoms with Gasteiger partial charge in [0.1, 0.15) is 0 Å². The molecule has 0 saturated heterocycles. The summed E-state index contributed by atoms with van der Waals surface area (Å²) in [6, 6.07) is 15.7. The summed E-state index contributed by atoms with van der Waals surface area (Å²) in [6.45, 7) is 14.3. The molecule has 2 amide bonds. The third kappa shape index (κ3) is 8.14. The van der Waals surface area contributed by atoms with Crippen molar-refractivity contribution in [3.63, 3.8) is 0 Å². The van der Waals surface area contributed by atoms with Crippen molar-refractivity contribution < 1.29 is 9.59 Å². The maximum atomic E-state index is 12.3. The second-order valence-electron chi connectivity index (χ2n) is 10.6. The van der Waals surface area contributed by atoms with E-state index in [0.717, 1.165) is 25.7 Å². The Morgan fingerprint density at radius 3 is 1.16 bits per heavy atom. The van der Waals surface area contributed by atoms with Gasteiger partial charge in [0.05, 0.1) is 0 Å². The van der Waals surface area contributed by atoms with Crippen molar-refractivity contribution in [2.75, 3.05) is 13.1 Å². The topological polar surface area (TPSA) is 58.2 Å². The highest BCUT2D eigenvalue weighted by Gasteiger charge is 2.15. The Bertz CT molecular complexity index is 794. The molecule has 4 heteroatoms. The number of carbonyl (C=O) groups is 2. The lowest BCUT2D eigenvalue weighted by atomic mass is 9.86. The lowest BCUT2D eigenvalue weighted by Gasteiger charge is -2.19. The van der Waals surface area contributed by atoms with Gasteiger partial charge in [-0.25, -0.2) is 0 Å². The van der Waals surface area contributed by atoms with E-state index in [1.54, 1.807) is 0 Å². The SMILES string of the molecule is CC(C)(C)c1ccc(C(=O)NCCCCCCNC(=O)c2ccc(C(C)(C)C)cc2)cc1. The summed E-state index contributed by atoms with van der Waals surface area (Å²) < 4.78 is 0. The van der Waals surface area contributed by atoms with E-state index in [9.17, 15) is 9.59 Å². The Kier molecular flexibility index (Phi) is 9.06. The molecule has 0 bridgehead atoms. The number of nitrogens with one attached hydrogen (secondary N) is 2. The number of rotatable bonds is 9. The van der Waals surface area contributed by atoms with Gasteiger partial charge in [-0.05, 0) is 59.1 Å². The van der Waals surface area contributed by atoms with Crippen molar-refractivity contribution in [3.05, 3.63) is 70.8 Å². The minimum absolute atomic E-state index is 0.0183. The van der Waals surface area contributed by atoms with Gasteiger partial charge in [0.25, 0.3) is 11.8 Å². The molecule has 2 aromatic rings. The van der Waals surface area contributed by atoms with E-state index in [-0.39, 0.29) is 22.6 Å². The summed E-state index contributed by atoms with van der Waals surface area (Å²) in [5.74, 6) is -0.0367. The summed E-state index contributed by atoms with van der Waals surface area (Å²) in [5, 5.41) is 5.99. The largest absolute Gasteiger partial charge is 0.352 e. The Labute approximate surface area is 194 Å². The Morgan fingerprint density at radius 1 is 0.562 bits per heavy atom. The first-order chi connectivity index (χ1) is 15.0. The van der Waals surface area contributed by atoms with Crippen LogP contribution in [-0.4, -0.2) is 24.9 Å². The molecule has 0 aromatic heterocycles. The van der Waals surface area contributed by atoms with Crippen LogP contribution in [0.5, 0.6) is 0 Å². The lowest BCUT2D eigenvalue weighted by molar-refractivity contribution is 0.0943. The molecule has 0 saturated carbocycles. The molecule has 0 fully saturated rings. The van der Waals surface area contributed by atoms with Gasteiger partial charge < -0.3 is 10.6 Å². The lowest BCUT2D eigenvalue weighted by Crippen LogP contribution is -2.25. The highest BCUT2D eigenvalue weighted by molar-refractivity contribution is 5.94. The van der Waals surface area contributed by atoms with Crippen LogP contribution >= 0.6 is 0 Å². The van der Waals surface area contributed by atoms with E-state index in [2.05, 4.69) is 52.2 Å². The van der Waals surface area contributed by atoms with Crippen LogP contribution in [0.25, 0.3) is 0 Å². The zero-order valence-corrected chi connectivity index (χ0v) is 20.7. The quantitative estimate of drug-likeness (QED) is 0.474. The summed E-state index contributed by atoms with van der Waals surface area (Å²) in [5.41, 5.74) is 4.04. The van der Waals surface area contributed by atoms with E-state index >= 15 is 0 Å². The van der Waals surface area contributed by atoms with Crippen molar-refractivity contribution in [2.45, 2.75) is 78.1 Å². The number of hydrogen-bond acceptors (Lipinski definition) is 2. The van der Waals surface area contributed by atoms with Crippen molar-refractivity contribution in [1.82, 2.24) is 10.6 Å². The standard InChI is InChI=1S/C28H40N2O2/c1-27(2,3)23-15-11-21(12-16-23)25(31)29-19-9-7-8-10-20-30-26(32)22-13-17-24(18-14-22)28(4,5)6/h11-18H,7-10,19-20H2,1-6H3,(H,29,31)(H,30,32). The Morgan fingerprint density at radius 2 is 0.875 bits per heavy atom. The van der Waals surface area contributed by atoms with Crippen LogP contribution < -0.4 is 10.6 Å². The molecular weight excluding hydrogens is 396 g/mol. The molecule has 0 heterocycles. The molecule has 32 heavy (non-hydrogen) atoms. The van der Waals surface area contributed by atoms with E-state index in [1.165, 1.54) is 11.1 Å². The molecule has 2 aromatic carbocycles. The third-order valence-electron chi connectivity index (χ3n) is 5.70. The van der Waals surface area contributed by atoms with Gasteiger partial charge in [-0.15, -0.1) is 0 Å². The fourth-order valence-corrected chi connectivity index (χ4v) is 3.45. The predicted molar refractivity (Wildman–Crippen MR) is 133 cm³/mol. The van der Waals surface area contributed by atoms with Crippen molar-refractivity contribution in [2.24, 2.45) is 0 Å². The van der Waals surface area contributed by atoms with Crippen LogP contribution in [-0.2, 0) is 10.8 Å². The van der Waals surface area contributed by atoms with E-state index in [1.807, 2.05) is 48.5 Å². The van der Waals surface area contributed by atoms with Gasteiger partial charge in [0.15, 0.2) is 0 Å². The average Bonchev–Trinajstić information content (AvgIpc) is 2.74.